The molecule has 0 aromatic heterocycles. The van der Waals surface area contributed by atoms with Gasteiger partial charge in [0, 0.05) is 21.7 Å². The molecule has 0 heterocycles. The van der Waals surface area contributed by atoms with E-state index < -0.39 is 0 Å². The van der Waals surface area contributed by atoms with Gasteiger partial charge in [0.15, 0.2) is 0 Å². The molecule has 1 aromatic rings. The van der Waals surface area contributed by atoms with E-state index in [-0.39, 0.29) is 0 Å². The van der Waals surface area contributed by atoms with Crippen molar-refractivity contribution in [2.24, 2.45) is 0 Å². The van der Waals surface area contributed by atoms with Crippen LogP contribution in [0.3, 0.4) is 0 Å². The monoisotopic (exact) mass is 269 g/mol. The summed E-state index contributed by atoms with van der Waals surface area (Å²) < 4.78 is 0. The van der Waals surface area contributed by atoms with E-state index in [1.165, 1.54) is 10.5 Å². The van der Waals surface area contributed by atoms with Gasteiger partial charge in [0.2, 0.25) is 0 Å². The first-order chi connectivity index (χ1) is 8.11. The first-order valence-electron chi connectivity index (χ1n) is 5.88. The fourth-order valence-corrected chi connectivity index (χ4v) is 2.92. The van der Waals surface area contributed by atoms with Crippen molar-refractivity contribution in [1.29, 1.82) is 0 Å². The molecular weight excluding hydrogens is 250 g/mol. The Labute approximate surface area is 114 Å². The van der Waals surface area contributed by atoms with Crippen molar-refractivity contribution in [2.75, 3.05) is 12.3 Å². The van der Waals surface area contributed by atoms with Gasteiger partial charge in [-0.3, -0.25) is 0 Å². The molecule has 0 saturated heterocycles. The molecule has 1 rings (SSSR count). The molecule has 1 N–H and O–H groups in total. The molecule has 0 amide bonds. The van der Waals surface area contributed by atoms with Gasteiger partial charge in [-0.25, -0.2) is 0 Å². The Morgan fingerprint density at radius 3 is 2.88 bits per heavy atom. The number of hydrogen-bond donors (Lipinski definition) is 1. The Balaban J connectivity index is 2.48. The highest BCUT2D eigenvalue weighted by Gasteiger charge is 2.08. The third-order valence-corrected chi connectivity index (χ3v) is 3.73. The highest BCUT2D eigenvalue weighted by atomic mass is 35.5. The van der Waals surface area contributed by atoms with Crippen LogP contribution in [0.15, 0.2) is 41.3 Å². The van der Waals surface area contributed by atoms with Crippen LogP contribution in [0, 0.1) is 0 Å². The van der Waals surface area contributed by atoms with Gasteiger partial charge in [0.25, 0.3) is 0 Å². The van der Waals surface area contributed by atoms with E-state index in [2.05, 4.69) is 31.8 Å². The summed E-state index contributed by atoms with van der Waals surface area (Å²) in [6.07, 6.45) is 1.03. The van der Waals surface area contributed by atoms with Crippen molar-refractivity contribution in [1.82, 2.24) is 5.32 Å². The van der Waals surface area contributed by atoms with Gasteiger partial charge in [-0.15, -0.1) is 18.3 Å². The van der Waals surface area contributed by atoms with Crippen LogP contribution in [-0.2, 0) is 0 Å². The minimum atomic E-state index is 0.487. The lowest BCUT2D eigenvalue weighted by molar-refractivity contribution is 0.571. The topological polar surface area (TPSA) is 12.0 Å². The zero-order valence-corrected chi connectivity index (χ0v) is 12.1. The van der Waals surface area contributed by atoms with Crippen molar-refractivity contribution in [3.8, 4) is 0 Å². The van der Waals surface area contributed by atoms with E-state index in [0.717, 1.165) is 23.7 Å². The molecule has 3 heteroatoms. The fraction of sp³-hybridized carbons (Fsp3) is 0.429. The predicted octanol–water partition coefficient (Wildman–Crippen LogP) is 4.38. The molecule has 0 spiro atoms. The van der Waals surface area contributed by atoms with E-state index >= 15 is 0 Å². The molecule has 17 heavy (non-hydrogen) atoms. The lowest BCUT2D eigenvalue weighted by atomic mass is 10.1. The molecular formula is C14H20ClNS. The van der Waals surface area contributed by atoms with Crippen LogP contribution in [-0.4, -0.2) is 18.3 Å². The van der Waals surface area contributed by atoms with Crippen molar-refractivity contribution in [3.63, 3.8) is 0 Å². The van der Waals surface area contributed by atoms with Crippen molar-refractivity contribution in [2.45, 2.75) is 31.2 Å². The largest absolute Gasteiger partial charge is 0.313 e. The number of benzene rings is 1. The van der Waals surface area contributed by atoms with Crippen LogP contribution in [0.5, 0.6) is 0 Å². The van der Waals surface area contributed by atoms with Gasteiger partial charge in [0.05, 0.1) is 0 Å². The maximum Gasteiger partial charge on any atom is 0.0417 e. The number of nitrogens with one attached hydrogen (secondary N) is 1. The van der Waals surface area contributed by atoms with E-state index in [1.54, 1.807) is 0 Å². The molecule has 1 nitrogen and oxygen atoms in total. The lowest BCUT2D eigenvalue weighted by Crippen LogP contribution is -2.31. The van der Waals surface area contributed by atoms with Gasteiger partial charge >= 0.3 is 0 Å². The Bertz CT molecular complexity index is 365. The smallest absolute Gasteiger partial charge is 0.0417 e. The zero-order valence-electron chi connectivity index (χ0n) is 10.5. The molecule has 0 saturated carbocycles. The second-order valence-corrected chi connectivity index (χ2v) is 5.71. The molecule has 0 aliphatic carbocycles. The molecule has 0 radical (unpaired) electrons. The van der Waals surface area contributed by atoms with Crippen molar-refractivity contribution < 1.29 is 0 Å². The Hall–Kier alpha value is -0.440. The maximum atomic E-state index is 5.96. The van der Waals surface area contributed by atoms with Crippen LogP contribution in [0.2, 0.25) is 5.02 Å². The van der Waals surface area contributed by atoms with Gasteiger partial charge in [0.1, 0.15) is 0 Å². The zero-order chi connectivity index (χ0) is 12.7. The first kappa shape index (κ1) is 14.6. The highest BCUT2D eigenvalue weighted by Crippen LogP contribution is 2.23. The van der Waals surface area contributed by atoms with Gasteiger partial charge in [-0.05, 0) is 38.1 Å². The Kier molecular flexibility index (Phi) is 6.71. The summed E-state index contributed by atoms with van der Waals surface area (Å²) in [5, 5.41) is 4.28. The van der Waals surface area contributed by atoms with Gasteiger partial charge < -0.3 is 5.32 Å². The summed E-state index contributed by atoms with van der Waals surface area (Å²) in [6.45, 7) is 9.18. The summed E-state index contributed by atoms with van der Waals surface area (Å²) in [5.41, 5.74) is 1.22. The molecule has 0 bridgehead atoms. The molecule has 1 unspecified atom stereocenters. The van der Waals surface area contributed by atoms with E-state index in [4.69, 9.17) is 11.6 Å². The number of thioether (sulfide) groups is 1. The maximum absolute atomic E-state index is 5.96. The standard InChI is InChI=1S/C14H20ClNS/c1-4-16-13(8-11(2)3)10-17-14-7-5-6-12(15)9-14/h5-7,9,13,16H,2,4,8,10H2,1,3H3. The number of rotatable bonds is 7. The van der Waals surface area contributed by atoms with Gasteiger partial charge in [-0.1, -0.05) is 30.2 Å². The second kappa shape index (κ2) is 7.80. The molecule has 1 aromatic carbocycles. The molecule has 94 valence electrons. The second-order valence-electron chi connectivity index (χ2n) is 4.18. The van der Waals surface area contributed by atoms with Crippen molar-refractivity contribution in [3.05, 3.63) is 41.4 Å². The fourth-order valence-electron chi connectivity index (χ4n) is 1.65. The van der Waals surface area contributed by atoms with E-state index in [9.17, 15) is 0 Å². The molecule has 0 aliphatic rings. The molecule has 1 atom stereocenters. The van der Waals surface area contributed by atoms with E-state index in [0.29, 0.717) is 6.04 Å². The van der Waals surface area contributed by atoms with Crippen molar-refractivity contribution >= 4 is 23.4 Å². The lowest BCUT2D eigenvalue weighted by Gasteiger charge is -2.17. The predicted molar refractivity (Wildman–Crippen MR) is 79.1 cm³/mol. The number of halogens is 1. The summed E-state index contributed by atoms with van der Waals surface area (Å²) >= 11 is 7.80. The third-order valence-electron chi connectivity index (χ3n) is 2.33. The van der Waals surface area contributed by atoms with Crippen LogP contribution in [0.25, 0.3) is 0 Å². The summed E-state index contributed by atoms with van der Waals surface area (Å²) in [6, 6.07) is 8.49. The van der Waals surface area contributed by atoms with Crippen LogP contribution >= 0.6 is 23.4 Å². The molecule has 0 aliphatic heterocycles. The van der Waals surface area contributed by atoms with Crippen LogP contribution in [0.4, 0.5) is 0 Å². The van der Waals surface area contributed by atoms with Gasteiger partial charge in [-0.2, -0.15) is 0 Å². The quantitative estimate of drug-likeness (QED) is 0.582. The summed E-state index contributed by atoms with van der Waals surface area (Å²) in [7, 11) is 0. The average molecular weight is 270 g/mol. The Morgan fingerprint density at radius 1 is 1.53 bits per heavy atom. The highest BCUT2D eigenvalue weighted by molar-refractivity contribution is 7.99. The first-order valence-corrected chi connectivity index (χ1v) is 7.24. The normalized spacial score (nSPS) is 12.4. The number of hydrogen-bond acceptors (Lipinski definition) is 2. The summed E-state index contributed by atoms with van der Waals surface area (Å²) in [4.78, 5) is 1.22. The van der Waals surface area contributed by atoms with E-state index in [1.807, 2.05) is 30.0 Å². The summed E-state index contributed by atoms with van der Waals surface area (Å²) in [5.74, 6) is 1.04. The third kappa shape index (κ3) is 6.16. The van der Waals surface area contributed by atoms with Crippen LogP contribution in [0.1, 0.15) is 20.3 Å². The SMILES string of the molecule is C=C(C)CC(CSc1cccc(Cl)c1)NCC. The minimum absolute atomic E-state index is 0.487. The average Bonchev–Trinajstić information content (AvgIpc) is 2.26. The Morgan fingerprint density at radius 2 is 2.29 bits per heavy atom. The van der Waals surface area contributed by atoms with Crippen LogP contribution < -0.4 is 5.32 Å². The minimum Gasteiger partial charge on any atom is -0.313 e. The molecule has 0 fully saturated rings.